The highest BCUT2D eigenvalue weighted by Crippen LogP contribution is 2.31. The Hall–Kier alpha value is -0.570. The summed E-state index contributed by atoms with van der Waals surface area (Å²) in [4.78, 5) is 12.2. The molecule has 0 aromatic rings. The summed E-state index contributed by atoms with van der Waals surface area (Å²) >= 11 is 0. The van der Waals surface area contributed by atoms with E-state index >= 15 is 0 Å². The summed E-state index contributed by atoms with van der Waals surface area (Å²) in [7, 11) is 2.01. The minimum absolute atomic E-state index is 0.0736. The van der Waals surface area contributed by atoms with E-state index in [9.17, 15) is 4.79 Å². The average Bonchev–Trinajstić information content (AvgIpc) is 2.76. The van der Waals surface area contributed by atoms with Gasteiger partial charge in [0.05, 0.1) is 0 Å². The molecule has 0 radical (unpaired) electrons. The number of carbonyl (C=O) groups is 1. The van der Waals surface area contributed by atoms with E-state index in [1.54, 1.807) is 0 Å². The first kappa shape index (κ1) is 13.9. The Kier molecular flexibility index (Phi) is 4.66. The molecule has 0 aromatic carbocycles. The minimum Gasteiger partial charge on any atom is -0.353 e. The molecule has 3 nitrogen and oxygen atoms in total. The molecule has 1 amide bonds. The highest BCUT2D eigenvalue weighted by atomic mass is 16.1. The molecule has 0 spiro atoms. The number of hydrogen-bond donors (Lipinski definition) is 2. The van der Waals surface area contributed by atoms with Gasteiger partial charge in [0, 0.05) is 18.0 Å². The zero-order chi connectivity index (χ0) is 13.0. The fourth-order valence-corrected chi connectivity index (χ4v) is 3.67. The molecule has 2 atom stereocenters. The van der Waals surface area contributed by atoms with Crippen LogP contribution >= 0.6 is 0 Å². The number of amides is 1. The van der Waals surface area contributed by atoms with E-state index in [0.29, 0.717) is 18.4 Å². The average molecular weight is 252 g/mol. The van der Waals surface area contributed by atoms with Crippen LogP contribution in [-0.4, -0.2) is 24.5 Å². The molecule has 2 aliphatic carbocycles. The Morgan fingerprint density at radius 1 is 1.17 bits per heavy atom. The van der Waals surface area contributed by atoms with Gasteiger partial charge in [-0.3, -0.25) is 4.79 Å². The second kappa shape index (κ2) is 6.05. The van der Waals surface area contributed by atoms with Crippen molar-refractivity contribution in [3.05, 3.63) is 0 Å². The van der Waals surface area contributed by atoms with Gasteiger partial charge in [-0.15, -0.1) is 0 Å². The Bertz CT molecular complexity index is 284. The summed E-state index contributed by atoms with van der Waals surface area (Å²) in [6.45, 7) is 2.26. The van der Waals surface area contributed by atoms with Crippen molar-refractivity contribution < 1.29 is 4.79 Å². The summed E-state index contributed by atoms with van der Waals surface area (Å²) in [5, 5.41) is 6.68. The molecule has 0 heterocycles. The van der Waals surface area contributed by atoms with Crippen LogP contribution in [0.15, 0.2) is 0 Å². The lowest BCUT2D eigenvalue weighted by Crippen LogP contribution is -2.49. The van der Waals surface area contributed by atoms with Crippen molar-refractivity contribution in [1.82, 2.24) is 10.6 Å². The third-order valence-electron chi connectivity index (χ3n) is 5.05. The number of nitrogens with one attached hydrogen (secondary N) is 2. The third kappa shape index (κ3) is 3.25. The molecule has 0 saturated heterocycles. The van der Waals surface area contributed by atoms with Crippen molar-refractivity contribution in [2.45, 2.75) is 76.3 Å². The topological polar surface area (TPSA) is 41.1 Å². The van der Waals surface area contributed by atoms with Gasteiger partial charge in [0.25, 0.3) is 0 Å². The lowest BCUT2D eigenvalue weighted by Gasteiger charge is -2.37. The molecule has 0 aliphatic heterocycles. The summed E-state index contributed by atoms with van der Waals surface area (Å²) in [6.07, 6.45) is 10.5. The number of rotatable bonds is 4. The minimum atomic E-state index is 0.0736. The zero-order valence-corrected chi connectivity index (χ0v) is 11.9. The van der Waals surface area contributed by atoms with E-state index in [0.717, 1.165) is 12.8 Å². The molecular formula is C15H28N2O. The fourth-order valence-electron chi connectivity index (χ4n) is 3.67. The molecule has 2 N–H and O–H groups in total. The molecule has 2 saturated carbocycles. The van der Waals surface area contributed by atoms with Crippen LogP contribution < -0.4 is 10.6 Å². The van der Waals surface area contributed by atoms with E-state index in [1.165, 1.54) is 38.5 Å². The van der Waals surface area contributed by atoms with Gasteiger partial charge in [0.2, 0.25) is 5.91 Å². The van der Waals surface area contributed by atoms with Crippen molar-refractivity contribution in [3.8, 4) is 0 Å². The summed E-state index contributed by atoms with van der Waals surface area (Å²) in [5.41, 5.74) is 0.0736. The normalized spacial score (nSPS) is 31.2. The molecule has 3 heteroatoms. The predicted octanol–water partition coefficient (Wildman–Crippen LogP) is 2.60. The first-order chi connectivity index (χ1) is 8.65. The van der Waals surface area contributed by atoms with Crippen LogP contribution in [-0.2, 0) is 4.79 Å². The van der Waals surface area contributed by atoms with Gasteiger partial charge >= 0.3 is 0 Å². The van der Waals surface area contributed by atoms with Crippen LogP contribution in [0, 0.1) is 5.92 Å². The summed E-state index contributed by atoms with van der Waals surface area (Å²) < 4.78 is 0. The maximum Gasteiger partial charge on any atom is 0.222 e. The SMILES string of the molecule is CNC1(CC(=O)NC2CCCC2C)CCCCC1. The van der Waals surface area contributed by atoms with Crippen LogP contribution in [0.25, 0.3) is 0 Å². The quantitative estimate of drug-likeness (QED) is 0.807. The smallest absolute Gasteiger partial charge is 0.222 e. The Morgan fingerprint density at radius 2 is 1.89 bits per heavy atom. The van der Waals surface area contributed by atoms with Crippen LogP contribution in [0.4, 0.5) is 0 Å². The Morgan fingerprint density at radius 3 is 2.44 bits per heavy atom. The number of hydrogen-bond acceptors (Lipinski definition) is 2. The first-order valence-electron chi connectivity index (χ1n) is 7.63. The molecule has 2 rings (SSSR count). The van der Waals surface area contributed by atoms with Crippen molar-refractivity contribution in [2.24, 2.45) is 5.92 Å². The Labute approximate surface area is 111 Å². The van der Waals surface area contributed by atoms with E-state index in [-0.39, 0.29) is 11.4 Å². The van der Waals surface area contributed by atoms with Crippen LogP contribution in [0.5, 0.6) is 0 Å². The van der Waals surface area contributed by atoms with Gasteiger partial charge in [-0.2, -0.15) is 0 Å². The van der Waals surface area contributed by atoms with Gasteiger partial charge < -0.3 is 10.6 Å². The van der Waals surface area contributed by atoms with Crippen molar-refractivity contribution >= 4 is 5.91 Å². The van der Waals surface area contributed by atoms with Gasteiger partial charge in [0.15, 0.2) is 0 Å². The third-order valence-corrected chi connectivity index (χ3v) is 5.05. The Balaban J connectivity index is 1.85. The first-order valence-corrected chi connectivity index (χ1v) is 7.63. The summed E-state index contributed by atoms with van der Waals surface area (Å²) in [5.74, 6) is 0.913. The molecule has 2 aliphatic rings. The second-order valence-electron chi connectivity index (χ2n) is 6.35. The highest BCUT2D eigenvalue weighted by molar-refractivity contribution is 5.77. The molecule has 18 heavy (non-hydrogen) atoms. The van der Waals surface area contributed by atoms with Gasteiger partial charge in [0.1, 0.15) is 0 Å². The lowest BCUT2D eigenvalue weighted by molar-refractivity contribution is -0.123. The molecule has 2 fully saturated rings. The fraction of sp³-hybridized carbons (Fsp3) is 0.933. The lowest BCUT2D eigenvalue weighted by atomic mass is 9.79. The standard InChI is InChI=1S/C15H28N2O/c1-12-7-6-8-13(12)17-14(18)11-15(16-2)9-4-3-5-10-15/h12-13,16H,3-11H2,1-2H3,(H,17,18). The van der Waals surface area contributed by atoms with Crippen molar-refractivity contribution in [3.63, 3.8) is 0 Å². The van der Waals surface area contributed by atoms with E-state index in [2.05, 4.69) is 17.6 Å². The highest BCUT2D eigenvalue weighted by Gasteiger charge is 2.34. The van der Waals surface area contributed by atoms with Crippen LogP contribution in [0.3, 0.4) is 0 Å². The van der Waals surface area contributed by atoms with E-state index in [1.807, 2.05) is 7.05 Å². The van der Waals surface area contributed by atoms with Crippen molar-refractivity contribution in [1.29, 1.82) is 0 Å². The van der Waals surface area contributed by atoms with Crippen LogP contribution in [0.1, 0.15) is 64.7 Å². The maximum atomic E-state index is 12.2. The molecule has 0 aromatic heterocycles. The molecule has 104 valence electrons. The van der Waals surface area contributed by atoms with Gasteiger partial charge in [-0.1, -0.05) is 32.6 Å². The van der Waals surface area contributed by atoms with Gasteiger partial charge in [-0.25, -0.2) is 0 Å². The zero-order valence-electron chi connectivity index (χ0n) is 11.9. The van der Waals surface area contributed by atoms with Crippen molar-refractivity contribution in [2.75, 3.05) is 7.05 Å². The molecule has 2 unspecified atom stereocenters. The molecule has 0 bridgehead atoms. The largest absolute Gasteiger partial charge is 0.353 e. The molecular weight excluding hydrogens is 224 g/mol. The predicted molar refractivity (Wildman–Crippen MR) is 74.4 cm³/mol. The van der Waals surface area contributed by atoms with E-state index in [4.69, 9.17) is 0 Å². The van der Waals surface area contributed by atoms with Crippen LogP contribution in [0.2, 0.25) is 0 Å². The number of carbonyl (C=O) groups excluding carboxylic acids is 1. The monoisotopic (exact) mass is 252 g/mol. The maximum absolute atomic E-state index is 12.2. The second-order valence-corrected chi connectivity index (χ2v) is 6.35. The van der Waals surface area contributed by atoms with Gasteiger partial charge in [-0.05, 0) is 38.6 Å². The van der Waals surface area contributed by atoms with E-state index < -0.39 is 0 Å². The summed E-state index contributed by atoms with van der Waals surface area (Å²) in [6, 6.07) is 0.426.